The van der Waals surface area contributed by atoms with E-state index >= 15 is 0 Å². The van der Waals surface area contributed by atoms with Gasteiger partial charge < -0.3 is 10.2 Å². The Kier molecular flexibility index (Phi) is 5.09. The molecular formula is C20H21ClN2O2. The lowest BCUT2D eigenvalue weighted by Gasteiger charge is -2.31. The maximum absolute atomic E-state index is 12.4. The fourth-order valence-corrected chi connectivity index (χ4v) is 3.23. The van der Waals surface area contributed by atoms with Crippen LogP contribution < -0.4 is 10.2 Å². The van der Waals surface area contributed by atoms with Crippen LogP contribution in [0.1, 0.15) is 36.2 Å². The van der Waals surface area contributed by atoms with Gasteiger partial charge in [0, 0.05) is 34.9 Å². The molecule has 2 aromatic rings. The van der Waals surface area contributed by atoms with Crippen molar-refractivity contribution < 1.29 is 9.59 Å². The zero-order valence-electron chi connectivity index (χ0n) is 14.4. The molecule has 0 atom stereocenters. The number of amides is 2. The van der Waals surface area contributed by atoms with Crippen molar-refractivity contribution in [1.29, 1.82) is 0 Å². The smallest absolute Gasteiger partial charge is 0.255 e. The number of nitrogens with one attached hydrogen (secondary N) is 1. The van der Waals surface area contributed by atoms with E-state index in [0.717, 1.165) is 16.9 Å². The third kappa shape index (κ3) is 4.02. The van der Waals surface area contributed by atoms with Crippen LogP contribution >= 0.6 is 11.6 Å². The lowest BCUT2D eigenvalue weighted by Crippen LogP contribution is -2.37. The average Bonchev–Trinajstić information content (AvgIpc) is 2.57. The predicted molar refractivity (Wildman–Crippen MR) is 101 cm³/mol. The molecule has 0 saturated carbocycles. The Labute approximate surface area is 152 Å². The SMILES string of the molecule is CC(C)CN1C(=O)CCc2cc(NC(=O)c3cccc(Cl)c3)ccc21. The van der Waals surface area contributed by atoms with Crippen LogP contribution in [0.5, 0.6) is 0 Å². The molecule has 3 rings (SSSR count). The molecule has 2 amide bonds. The molecule has 25 heavy (non-hydrogen) atoms. The normalized spacial score (nSPS) is 13.8. The molecule has 0 fully saturated rings. The molecule has 0 saturated heterocycles. The van der Waals surface area contributed by atoms with E-state index < -0.39 is 0 Å². The highest BCUT2D eigenvalue weighted by Gasteiger charge is 2.25. The number of carbonyl (C=O) groups excluding carboxylic acids is 2. The van der Waals surface area contributed by atoms with Gasteiger partial charge in [0.05, 0.1) is 0 Å². The fourth-order valence-electron chi connectivity index (χ4n) is 3.04. The molecular weight excluding hydrogens is 336 g/mol. The second kappa shape index (κ2) is 7.28. The minimum absolute atomic E-state index is 0.164. The molecule has 1 aliphatic rings. The summed E-state index contributed by atoms with van der Waals surface area (Å²) in [7, 11) is 0. The molecule has 0 bridgehead atoms. The van der Waals surface area contributed by atoms with Crippen molar-refractivity contribution in [1.82, 2.24) is 0 Å². The average molecular weight is 357 g/mol. The minimum atomic E-state index is -0.201. The Balaban J connectivity index is 1.81. The van der Waals surface area contributed by atoms with Gasteiger partial charge in [-0.15, -0.1) is 0 Å². The Morgan fingerprint density at radius 1 is 1.20 bits per heavy atom. The quantitative estimate of drug-likeness (QED) is 0.875. The van der Waals surface area contributed by atoms with Crippen LogP contribution in [0.3, 0.4) is 0 Å². The summed E-state index contributed by atoms with van der Waals surface area (Å²) in [5.74, 6) is 0.363. The maximum atomic E-state index is 12.4. The van der Waals surface area contributed by atoms with Gasteiger partial charge in [0.1, 0.15) is 0 Å². The standard InChI is InChI=1S/C20H21ClN2O2/c1-13(2)12-23-18-8-7-17(11-14(18)6-9-19(23)24)22-20(25)15-4-3-5-16(21)10-15/h3-5,7-8,10-11,13H,6,9,12H2,1-2H3,(H,22,25). The summed E-state index contributed by atoms with van der Waals surface area (Å²) >= 11 is 5.94. The zero-order valence-corrected chi connectivity index (χ0v) is 15.1. The predicted octanol–water partition coefficient (Wildman–Crippen LogP) is 4.53. The number of benzene rings is 2. The number of nitrogens with zero attached hydrogens (tertiary/aromatic N) is 1. The molecule has 0 unspecified atom stereocenters. The highest BCUT2D eigenvalue weighted by Crippen LogP contribution is 2.31. The third-order valence-corrected chi connectivity index (χ3v) is 4.41. The van der Waals surface area contributed by atoms with E-state index in [2.05, 4.69) is 19.2 Å². The van der Waals surface area contributed by atoms with Gasteiger partial charge in [-0.3, -0.25) is 9.59 Å². The van der Waals surface area contributed by atoms with E-state index in [1.54, 1.807) is 24.3 Å². The van der Waals surface area contributed by atoms with Gasteiger partial charge in [-0.1, -0.05) is 31.5 Å². The van der Waals surface area contributed by atoms with Crippen molar-refractivity contribution in [2.24, 2.45) is 5.92 Å². The van der Waals surface area contributed by atoms with E-state index in [9.17, 15) is 9.59 Å². The highest BCUT2D eigenvalue weighted by atomic mass is 35.5. The summed E-state index contributed by atoms with van der Waals surface area (Å²) in [5, 5.41) is 3.43. The number of fused-ring (bicyclic) bond motifs is 1. The van der Waals surface area contributed by atoms with Gasteiger partial charge in [-0.2, -0.15) is 0 Å². The lowest BCUT2D eigenvalue weighted by atomic mass is 9.99. The maximum Gasteiger partial charge on any atom is 0.255 e. The summed E-state index contributed by atoms with van der Waals surface area (Å²) in [5.41, 5.74) is 3.28. The van der Waals surface area contributed by atoms with Crippen LogP contribution in [0, 0.1) is 5.92 Å². The van der Waals surface area contributed by atoms with Crippen LogP contribution in [0.4, 0.5) is 11.4 Å². The first kappa shape index (κ1) is 17.5. The molecule has 1 heterocycles. The van der Waals surface area contributed by atoms with Crippen molar-refractivity contribution in [2.45, 2.75) is 26.7 Å². The van der Waals surface area contributed by atoms with Crippen LogP contribution in [-0.2, 0) is 11.2 Å². The van der Waals surface area contributed by atoms with Crippen molar-refractivity contribution in [2.75, 3.05) is 16.8 Å². The van der Waals surface area contributed by atoms with Crippen LogP contribution in [-0.4, -0.2) is 18.4 Å². The lowest BCUT2D eigenvalue weighted by molar-refractivity contribution is -0.119. The zero-order chi connectivity index (χ0) is 18.0. The van der Waals surface area contributed by atoms with E-state index in [1.165, 1.54) is 0 Å². The second-order valence-corrected chi connectivity index (χ2v) is 7.14. The highest BCUT2D eigenvalue weighted by molar-refractivity contribution is 6.31. The molecule has 1 N–H and O–H groups in total. The number of carbonyl (C=O) groups is 2. The molecule has 130 valence electrons. The first-order valence-corrected chi connectivity index (χ1v) is 8.82. The van der Waals surface area contributed by atoms with Crippen LogP contribution in [0.25, 0.3) is 0 Å². The van der Waals surface area contributed by atoms with Crippen molar-refractivity contribution >= 4 is 34.8 Å². The third-order valence-electron chi connectivity index (χ3n) is 4.17. The number of anilines is 2. The topological polar surface area (TPSA) is 49.4 Å². The van der Waals surface area contributed by atoms with Crippen LogP contribution in [0.15, 0.2) is 42.5 Å². The van der Waals surface area contributed by atoms with Gasteiger partial charge in [0.25, 0.3) is 5.91 Å². The van der Waals surface area contributed by atoms with E-state index in [1.807, 2.05) is 23.1 Å². The number of aryl methyl sites for hydroxylation is 1. The Morgan fingerprint density at radius 2 is 2.00 bits per heavy atom. The number of rotatable bonds is 4. The van der Waals surface area contributed by atoms with Gasteiger partial charge in [0.15, 0.2) is 0 Å². The van der Waals surface area contributed by atoms with Gasteiger partial charge in [-0.25, -0.2) is 0 Å². The van der Waals surface area contributed by atoms with E-state index in [-0.39, 0.29) is 11.8 Å². The van der Waals surface area contributed by atoms with Crippen LogP contribution in [0.2, 0.25) is 5.02 Å². The molecule has 0 spiro atoms. The molecule has 0 aromatic heterocycles. The largest absolute Gasteiger partial charge is 0.322 e. The van der Waals surface area contributed by atoms with E-state index in [4.69, 9.17) is 11.6 Å². The van der Waals surface area contributed by atoms with Gasteiger partial charge in [-0.05, 0) is 54.3 Å². The summed E-state index contributed by atoms with van der Waals surface area (Å²) in [6.07, 6.45) is 1.20. The van der Waals surface area contributed by atoms with Gasteiger partial charge in [0.2, 0.25) is 5.91 Å². The molecule has 5 heteroatoms. The Hall–Kier alpha value is -2.33. The monoisotopic (exact) mass is 356 g/mol. The summed E-state index contributed by atoms with van der Waals surface area (Å²) in [4.78, 5) is 26.4. The molecule has 0 radical (unpaired) electrons. The molecule has 4 nitrogen and oxygen atoms in total. The Morgan fingerprint density at radius 3 is 2.72 bits per heavy atom. The number of hydrogen-bond donors (Lipinski definition) is 1. The Bertz CT molecular complexity index is 817. The summed E-state index contributed by atoms with van der Waals surface area (Å²) < 4.78 is 0. The molecule has 0 aliphatic carbocycles. The van der Waals surface area contributed by atoms with Crippen molar-refractivity contribution in [3.05, 3.63) is 58.6 Å². The fraction of sp³-hybridized carbons (Fsp3) is 0.300. The van der Waals surface area contributed by atoms with Gasteiger partial charge >= 0.3 is 0 Å². The number of hydrogen-bond acceptors (Lipinski definition) is 2. The first-order chi connectivity index (χ1) is 11.9. The second-order valence-electron chi connectivity index (χ2n) is 6.71. The van der Waals surface area contributed by atoms with E-state index in [0.29, 0.717) is 35.9 Å². The first-order valence-electron chi connectivity index (χ1n) is 8.44. The molecule has 1 aliphatic heterocycles. The van der Waals surface area contributed by atoms with Crippen molar-refractivity contribution in [3.63, 3.8) is 0 Å². The van der Waals surface area contributed by atoms with Crippen molar-refractivity contribution in [3.8, 4) is 0 Å². The minimum Gasteiger partial charge on any atom is -0.322 e. The summed E-state index contributed by atoms with van der Waals surface area (Å²) in [6.45, 7) is 4.91. The number of halogens is 1. The summed E-state index contributed by atoms with van der Waals surface area (Å²) in [6, 6.07) is 12.6. The molecule has 2 aromatic carbocycles.